The van der Waals surface area contributed by atoms with Gasteiger partial charge in [-0.05, 0) is 83.5 Å². The van der Waals surface area contributed by atoms with Crippen molar-refractivity contribution in [2.45, 2.75) is 322 Å². The van der Waals surface area contributed by atoms with Gasteiger partial charge in [0.05, 0.1) is 13.2 Å². The van der Waals surface area contributed by atoms with E-state index in [4.69, 9.17) is 24.3 Å². The van der Waals surface area contributed by atoms with E-state index in [0.29, 0.717) is 6.42 Å². The van der Waals surface area contributed by atoms with Crippen LogP contribution in [0, 0.1) is 0 Å². The Morgan fingerprint density at radius 3 is 0.976 bits per heavy atom. The number of nitrogens with two attached hydrogens (primary N) is 1. The third-order valence-corrected chi connectivity index (χ3v) is 15.9. The zero-order valence-corrected chi connectivity index (χ0v) is 55.3. The Hall–Kier alpha value is -3.33. The number of ether oxygens (including phenoxy) is 2. The highest BCUT2D eigenvalue weighted by Crippen LogP contribution is 2.43. The topological polar surface area (TPSA) is 134 Å². The van der Waals surface area contributed by atoms with Gasteiger partial charge in [0, 0.05) is 19.4 Å². The van der Waals surface area contributed by atoms with Crippen LogP contribution in [0.3, 0.4) is 0 Å². The zero-order chi connectivity index (χ0) is 60.9. The van der Waals surface area contributed by atoms with Crippen molar-refractivity contribution < 1.29 is 37.6 Å². The number of carbonyl (C=O) groups excluding carboxylic acids is 2. The van der Waals surface area contributed by atoms with E-state index in [1.807, 2.05) is 0 Å². The molecule has 0 aromatic rings. The first-order valence-corrected chi connectivity index (χ1v) is 36.4. The van der Waals surface area contributed by atoms with E-state index in [1.165, 1.54) is 186 Å². The van der Waals surface area contributed by atoms with Crippen LogP contribution in [-0.4, -0.2) is 49.3 Å². The molecule has 0 radical (unpaired) electrons. The molecule has 9 nitrogen and oxygen atoms in total. The number of hydrogen-bond donors (Lipinski definition) is 2. The fraction of sp³-hybridized carbons (Fsp3) is 0.730. The van der Waals surface area contributed by atoms with E-state index >= 15 is 0 Å². The van der Waals surface area contributed by atoms with Crippen LogP contribution < -0.4 is 5.73 Å². The molecule has 0 aliphatic rings. The largest absolute Gasteiger partial charge is 0.472 e. The van der Waals surface area contributed by atoms with Crippen molar-refractivity contribution in [1.82, 2.24) is 0 Å². The summed E-state index contributed by atoms with van der Waals surface area (Å²) in [6.45, 7) is 3.67. The number of phosphoric ester groups is 1. The average Bonchev–Trinajstić information content (AvgIpc) is 3.55. The molecule has 0 bridgehead atoms. The lowest BCUT2D eigenvalue weighted by Gasteiger charge is -2.19. The van der Waals surface area contributed by atoms with E-state index in [-0.39, 0.29) is 38.6 Å². The molecule has 0 saturated carbocycles. The molecule has 10 heteroatoms. The number of rotatable bonds is 65. The Labute approximate surface area is 518 Å². The Balaban J connectivity index is 3.89. The van der Waals surface area contributed by atoms with Crippen molar-refractivity contribution >= 4 is 19.8 Å². The lowest BCUT2D eigenvalue weighted by molar-refractivity contribution is -0.161. The quantitative estimate of drug-likeness (QED) is 0.0264. The van der Waals surface area contributed by atoms with Gasteiger partial charge in [-0.15, -0.1) is 0 Å². The van der Waals surface area contributed by atoms with Crippen LogP contribution in [0.4, 0.5) is 0 Å². The third kappa shape index (κ3) is 67.8. The fourth-order valence-corrected chi connectivity index (χ4v) is 10.6. The summed E-state index contributed by atoms with van der Waals surface area (Å²) in [5, 5.41) is 0. The van der Waals surface area contributed by atoms with Gasteiger partial charge < -0.3 is 20.1 Å². The van der Waals surface area contributed by atoms with Crippen molar-refractivity contribution in [2.75, 3.05) is 26.4 Å². The molecule has 0 spiro atoms. The minimum atomic E-state index is -4.40. The SMILES string of the molecule is CC/C=C\C/C=C\C/C=C\C/C=C\C/C=C\C/C=C\C/C=C\C/C=C\C/C=C\CCCCCCCCCCCCCCCC(=O)OC(COC(=O)CCCCCCCCCCCCCCCCCCCCCCCC)COP(=O)(O)OCCN. The molecule has 2 atom stereocenters. The highest BCUT2D eigenvalue weighted by molar-refractivity contribution is 7.47. The summed E-state index contributed by atoms with van der Waals surface area (Å²) in [4.78, 5) is 35.3. The fourth-order valence-electron chi connectivity index (χ4n) is 9.81. The van der Waals surface area contributed by atoms with Crippen molar-refractivity contribution in [3.05, 3.63) is 109 Å². The normalized spacial score (nSPS) is 13.6. The molecule has 484 valence electrons. The highest BCUT2D eigenvalue weighted by Gasteiger charge is 2.26. The monoisotopic (exact) mass is 1190 g/mol. The van der Waals surface area contributed by atoms with Gasteiger partial charge in [0.25, 0.3) is 0 Å². The smallest absolute Gasteiger partial charge is 0.462 e. The number of hydrogen-bond acceptors (Lipinski definition) is 8. The van der Waals surface area contributed by atoms with Gasteiger partial charge in [-0.3, -0.25) is 18.6 Å². The van der Waals surface area contributed by atoms with Crippen molar-refractivity contribution in [3.63, 3.8) is 0 Å². The predicted octanol–water partition coefficient (Wildman–Crippen LogP) is 22.9. The summed E-state index contributed by atoms with van der Waals surface area (Å²) in [7, 11) is -4.40. The summed E-state index contributed by atoms with van der Waals surface area (Å²) < 4.78 is 33.2. The maximum Gasteiger partial charge on any atom is 0.472 e. The molecule has 0 aromatic carbocycles. The van der Waals surface area contributed by atoms with Crippen LogP contribution in [0.15, 0.2) is 109 Å². The molecule has 0 heterocycles. The lowest BCUT2D eigenvalue weighted by Crippen LogP contribution is -2.29. The van der Waals surface area contributed by atoms with Crippen LogP contribution in [0.5, 0.6) is 0 Å². The van der Waals surface area contributed by atoms with E-state index < -0.39 is 26.5 Å². The molecule has 0 saturated heterocycles. The summed E-state index contributed by atoms with van der Waals surface area (Å²) in [5.41, 5.74) is 5.40. The Morgan fingerprint density at radius 1 is 0.369 bits per heavy atom. The molecule has 2 unspecified atom stereocenters. The summed E-state index contributed by atoms with van der Waals surface area (Å²) in [5.74, 6) is -0.819. The first kappa shape index (κ1) is 80.7. The van der Waals surface area contributed by atoms with Gasteiger partial charge >= 0.3 is 19.8 Å². The number of phosphoric acid groups is 1. The highest BCUT2D eigenvalue weighted by atomic mass is 31.2. The van der Waals surface area contributed by atoms with Crippen LogP contribution >= 0.6 is 7.82 Å². The number of unbranched alkanes of at least 4 members (excludes halogenated alkanes) is 34. The molecule has 0 aliphatic heterocycles. The molecule has 0 rings (SSSR count). The van der Waals surface area contributed by atoms with Crippen molar-refractivity contribution in [1.29, 1.82) is 0 Å². The second-order valence-corrected chi connectivity index (χ2v) is 24.5. The lowest BCUT2D eigenvalue weighted by atomic mass is 10.0. The van der Waals surface area contributed by atoms with Gasteiger partial charge in [-0.2, -0.15) is 0 Å². The molecule has 0 amide bonds. The van der Waals surface area contributed by atoms with Gasteiger partial charge in [0.2, 0.25) is 0 Å². The average molecular weight is 1190 g/mol. The molecule has 0 fully saturated rings. The summed E-state index contributed by atoms with van der Waals surface area (Å²) in [6, 6.07) is 0. The Bertz CT molecular complexity index is 1740. The van der Waals surface area contributed by atoms with Crippen molar-refractivity contribution in [3.8, 4) is 0 Å². The molecule has 84 heavy (non-hydrogen) atoms. The first-order chi connectivity index (χ1) is 41.3. The minimum Gasteiger partial charge on any atom is -0.462 e. The molecule has 3 N–H and O–H groups in total. The van der Waals surface area contributed by atoms with E-state index in [2.05, 4.69) is 123 Å². The number of esters is 2. The molecular weight excluding hydrogens is 1060 g/mol. The first-order valence-electron chi connectivity index (χ1n) is 34.9. The molecule has 0 aliphatic carbocycles. The van der Waals surface area contributed by atoms with Crippen LogP contribution in [0.25, 0.3) is 0 Å². The van der Waals surface area contributed by atoms with Gasteiger partial charge in [-0.1, -0.05) is 329 Å². The third-order valence-electron chi connectivity index (χ3n) is 14.9. The van der Waals surface area contributed by atoms with E-state index in [1.54, 1.807) is 0 Å². The van der Waals surface area contributed by atoms with E-state index in [0.717, 1.165) is 96.3 Å². The predicted molar refractivity (Wildman–Crippen MR) is 362 cm³/mol. The summed E-state index contributed by atoms with van der Waals surface area (Å²) in [6.07, 6.45) is 94.6. The maximum absolute atomic E-state index is 12.8. The van der Waals surface area contributed by atoms with Crippen LogP contribution in [0.1, 0.15) is 316 Å². The maximum atomic E-state index is 12.8. The van der Waals surface area contributed by atoms with Gasteiger partial charge in [0.1, 0.15) is 6.61 Å². The van der Waals surface area contributed by atoms with Crippen molar-refractivity contribution in [2.24, 2.45) is 5.73 Å². The molecular formula is C74H130NO8P. The van der Waals surface area contributed by atoms with Gasteiger partial charge in [0.15, 0.2) is 6.10 Å². The van der Waals surface area contributed by atoms with Gasteiger partial charge in [-0.25, -0.2) is 4.57 Å². The Kier molecular flexibility index (Phi) is 66.1. The molecule has 0 aromatic heterocycles. The number of carbonyl (C=O) groups is 2. The standard InChI is InChI=1S/C74H130NO8P/c1-3-5-7-9-11-13-15-17-19-21-23-25-27-28-29-30-31-32-33-34-35-36-37-38-39-40-41-42-43-44-45-47-49-51-53-55-57-59-61-63-65-67-74(77)83-72(71-82-84(78,79)81-69-68-75)70-80-73(76)66-64-62-60-58-56-54-52-50-48-46-26-24-22-20-18-16-14-12-10-8-6-4-2/h5,7,11,13,17,19,23,25,28-29,31-32,34-35,37-38,40-41,72H,3-4,6,8-10,12,14-16,18,20-22,24,26-27,30,33,36,39,42-71,75H2,1-2H3,(H,78,79)/b7-5-,13-11-,19-17-,25-23-,29-28-,32-31-,35-34-,38-37-,41-40-. The Morgan fingerprint density at radius 2 is 0.655 bits per heavy atom. The second-order valence-electron chi connectivity index (χ2n) is 23.0. The zero-order valence-electron chi connectivity index (χ0n) is 54.4. The van der Waals surface area contributed by atoms with Crippen LogP contribution in [-0.2, 0) is 32.7 Å². The minimum absolute atomic E-state index is 0.0515. The second kappa shape index (κ2) is 68.8. The van der Waals surface area contributed by atoms with E-state index in [9.17, 15) is 19.0 Å². The van der Waals surface area contributed by atoms with Crippen LogP contribution in [0.2, 0.25) is 0 Å². The summed E-state index contributed by atoms with van der Waals surface area (Å²) >= 11 is 0. The number of allylic oxidation sites excluding steroid dienone is 18.